The van der Waals surface area contributed by atoms with Crippen LogP contribution >= 0.6 is 0 Å². The molecule has 1 amide bonds. The molecule has 1 aliphatic carbocycles. The zero-order chi connectivity index (χ0) is 27.4. The van der Waals surface area contributed by atoms with Crippen molar-refractivity contribution in [3.05, 3.63) is 41.1 Å². The minimum atomic E-state index is -1.05. The van der Waals surface area contributed by atoms with E-state index < -0.39 is 11.2 Å². The van der Waals surface area contributed by atoms with E-state index in [1.165, 1.54) is 32.1 Å². The molecular weight excluding hydrogens is 492 g/mol. The third-order valence-corrected chi connectivity index (χ3v) is 10.1. The number of aromatic nitrogens is 1. The molecule has 1 unspecified atom stereocenters. The molecule has 1 aliphatic heterocycles. The summed E-state index contributed by atoms with van der Waals surface area (Å²) < 4.78 is 21.2. The van der Waals surface area contributed by atoms with Crippen LogP contribution in [-0.2, 0) is 22.5 Å². The van der Waals surface area contributed by atoms with Crippen molar-refractivity contribution < 1.29 is 14.1 Å². The fourth-order valence-corrected chi connectivity index (χ4v) is 7.64. The molecule has 1 N–H and O–H groups in total. The topological polar surface area (TPSA) is 66.3 Å². The van der Waals surface area contributed by atoms with Crippen LogP contribution < -0.4 is 5.32 Å². The number of nitrogens with one attached hydrogen (secondary N) is 1. The Bertz CT molecular complexity index is 1090. The van der Waals surface area contributed by atoms with Crippen LogP contribution in [-0.4, -0.2) is 40.0 Å². The van der Waals surface area contributed by atoms with Gasteiger partial charge in [0.05, 0.1) is 5.56 Å². The Labute approximate surface area is 233 Å². The standard InChI is InChI=1S/C32H48N2O3S/c1-22(2)27-18-25(12-13-30(27)38(36)21-32(4,5)6)29-19-28(31(35)33-26-14-16-37-17-15-26)23(3)34(29)20-24-10-8-7-9-11-24/h12-13,18-19,22,24,26H,7-11,14-17,20-21H2,1-6H3,(H,33,35). The monoisotopic (exact) mass is 540 g/mol. The molecule has 1 aromatic carbocycles. The van der Waals surface area contributed by atoms with E-state index in [-0.39, 0.29) is 23.3 Å². The molecule has 1 saturated heterocycles. The molecule has 2 aromatic rings. The van der Waals surface area contributed by atoms with Gasteiger partial charge in [0.25, 0.3) is 5.91 Å². The Hall–Kier alpha value is -1.76. The van der Waals surface area contributed by atoms with Gasteiger partial charge < -0.3 is 19.2 Å². The van der Waals surface area contributed by atoms with Crippen molar-refractivity contribution in [2.24, 2.45) is 11.3 Å². The average molecular weight is 541 g/mol. The quantitative estimate of drug-likeness (QED) is 0.359. The third-order valence-electron chi connectivity index (χ3n) is 8.07. The molecule has 1 aromatic heterocycles. The Kier molecular flexibility index (Phi) is 9.70. The fraction of sp³-hybridized carbons (Fsp3) is 0.656. The van der Waals surface area contributed by atoms with E-state index in [1.807, 2.05) is 0 Å². The highest BCUT2D eigenvalue weighted by atomic mass is 32.2. The van der Waals surface area contributed by atoms with Gasteiger partial charge in [0, 0.05) is 48.2 Å². The van der Waals surface area contributed by atoms with Gasteiger partial charge in [-0.05, 0) is 85.4 Å². The second-order valence-electron chi connectivity index (χ2n) is 13.0. The van der Waals surface area contributed by atoms with E-state index in [0.29, 0.717) is 24.9 Å². The summed E-state index contributed by atoms with van der Waals surface area (Å²) in [7, 11) is 0. The first kappa shape index (κ1) is 29.2. The number of carbonyl (C=O) groups is 1. The molecule has 38 heavy (non-hydrogen) atoms. The number of hydrogen-bond acceptors (Lipinski definition) is 3. The lowest BCUT2D eigenvalue weighted by Gasteiger charge is -2.25. The van der Waals surface area contributed by atoms with Crippen molar-refractivity contribution in [2.75, 3.05) is 19.0 Å². The summed E-state index contributed by atoms with van der Waals surface area (Å²) in [6.45, 7) is 15.2. The van der Waals surface area contributed by atoms with Crippen LogP contribution in [0.15, 0.2) is 29.2 Å². The predicted molar refractivity (Wildman–Crippen MR) is 157 cm³/mol. The maximum atomic E-state index is 13.5. The molecule has 5 nitrogen and oxygen atoms in total. The van der Waals surface area contributed by atoms with Crippen LogP contribution in [0.5, 0.6) is 0 Å². The minimum Gasteiger partial charge on any atom is -0.611 e. The number of carbonyl (C=O) groups excluding carboxylic acids is 1. The smallest absolute Gasteiger partial charge is 0.253 e. The highest BCUT2D eigenvalue weighted by Crippen LogP contribution is 2.35. The first-order chi connectivity index (χ1) is 18.0. The number of ether oxygens (including phenoxy) is 1. The van der Waals surface area contributed by atoms with Crippen molar-refractivity contribution in [3.63, 3.8) is 0 Å². The summed E-state index contributed by atoms with van der Waals surface area (Å²) in [6, 6.07) is 8.69. The Morgan fingerprint density at radius 2 is 1.79 bits per heavy atom. The highest BCUT2D eigenvalue weighted by Gasteiger charge is 2.28. The predicted octanol–water partition coefficient (Wildman–Crippen LogP) is 7.23. The normalized spacial score (nSPS) is 18.6. The van der Waals surface area contributed by atoms with Gasteiger partial charge in [0.2, 0.25) is 0 Å². The van der Waals surface area contributed by atoms with Crippen LogP contribution in [0.2, 0.25) is 0 Å². The summed E-state index contributed by atoms with van der Waals surface area (Å²) in [4.78, 5) is 14.4. The maximum Gasteiger partial charge on any atom is 0.253 e. The van der Waals surface area contributed by atoms with Crippen molar-refractivity contribution in [1.29, 1.82) is 0 Å². The van der Waals surface area contributed by atoms with Crippen molar-refractivity contribution in [2.45, 2.75) is 110 Å². The molecule has 1 atom stereocenters. The van der Waals surface area contributed by atoms with E-state index in [0.717, 1.165) is 52.4 Å². The summed E-state index contributed by atoms with van der Waals surface area (Å²) in [5.74, 6) is 1.56. The minimum absolute atomic E-state index is 0.00366. The Balaban J connectivity index is 1.71. The summed E-state index contributed by atoms with van der Waals surface area (Å²) in [5.41, 5.74) is 5.15. The second-order valence-corrected chi connectivity index (χ2v) is 14.4. The molecule has 2 heterocycles. The highest BCUT2D eigenvalue weighted by molar-refractivity contribution is 7.91. The average Bonchev–Trinajstić information content (AvgIpc) is 3.19. The molecule has 0 radical (unpaired) electrons. The van der Waals surface area contributed by atoms with Crippen LogP contribution in [0.25, 0.3) is 11.3 Å². The lowest BCUT2D eigenvalue weighted by molar-refractivity contribution is 0.0696. The van der Waals surface area contributed by atoms with Gasteiger partial charge >= 0.3 is 0 Å². The SMILES string of the molecule is Cc1c(C(=O)NC2CCOCC2)cc(-c2ccc([S+]([O-])CC(C)(C)C)c(C(C)C)c2)n1CC1CCCCC1. The lowest BCUT2D eigenvalue weighted by atomic mass is 9.89. The van der Waals surface area contributed by atoms with E-state index in [4.69, 9.17) is 4.74 Å². The van der Waals surface area contributed by atoms with E-state index in [9.17, 15) is 9.35 Å². The third kappa shape index (κ3) is 7.25. The second kappa shape index (κ2) is 12.6. The van der Waals surface area contributed by atoms with E-state index in [1.54, 1.807) is 0 Å². The lowest BCUT2D eigenvalue weighted by Crippen LogP contribution is -2.39. The summed E-state index contributed by atoms with van der Waals surface area (Å²) in [6.07, 6.45) is 8.16. The van der Waals surface area contributed by atoms with Crippen molar-refractivity contribution in [1.82, 2.24) is 9.88 Å². The van der Waals surface area contributed by atoms with E-state index >= 15 is 0 Å². The first-order valence-corrected chi connectivity index (χ1v) is 16.0. The molecule has 4 rings (SSSR count). The maximum absolute atomic E-state index is 13.5. The van der Waals surface area contributed by atoms with Crippen LogP contribution in [0.1, 0.15) is 107 Å². The fourth-order valence-electron chi connectivity index (χ4n) is 5.92. The molecule has 6 heteroatoms. The zero-order valence-electron chi connectivity index (χ0n) is 24.4. The number of nitrogens with zero attached hydrogens (tertiary/aromatic N) is 1. The molecule has 2 fully saturated rings. The van der Waals surface area contributed by atoms with Crippen molar-refractivity contribution >= 4 is 17.1 Å². The van der Waals surface area contributed by atoms with Crippen LogP contribution in [0.4, 0.5) is 0 Å². The molecule has 0 bridgehead atoms. The number of benzene rings is 1. The molecule has 2 aliphatic rings. The summed E-state index contributed by atoms with van der Waals surface area (Å²) in [5, 5.41) is 3.27. The largest absolute Gasteiger partial charge is 0.611 e. The van der Waals surface area contributed by atoms with Gasteiger partial charge in [-0.1, -0.05) is 53.9 Å². The van der Waals surface area contributed by atoms with Gasteiger partial charge in [-0.25, -0.2) is 0 Å². The van der Waals surface area contributed by atoms with Gasteiger partial charge in [-0.3, -0.25) is 4.79 Å². The van der Waals surface area contributed by atoms with Gasteiger partial charge in [-0.2, -0.15) is 0 Å². The summed E-state index contributed by atoms with van der Waals surface area (Å²) >= 11 is -1.05. The number of amides is 1. The number of hydrogen-bond donors (Lipinski definition) is 1. The first-order valence-electron chi connectivity index (χ1n) is 14.6. The van der Waals surface area contributed by atoms with Crippen LogP contribution in [0.3, 0.4) is 0 Å². The number of rotatable bonds is 8. The molecular formula is C32H48N2O3S. The van der Waals surface area contributed by atoms with Gasteiger partial charge in [-0.15, -0.1) is 0 Å². The molecule has 210 valence electrons. The zero-order valence-corrected chi connectivity index (χ0v) is 25.2. The Morgan fingerprint density at radius 1 is 1.11 bits per heavy atom. The van der Waals surface area contributed by atoms with Crippen LogP contribution in [0, 0.1) is 18.3 Å². The molecule has 0 spiro atoms. The Morgan fingerprint density at radius 3 is 2.42 bits per heavy atom. The van der Waals surface area contributed by atoms with E-state index in [2.05, 4.69) is 75.7 Å². The molecule has 1 saturated carbocycles. The van der Waals surface area contributed by atoms with Gasteiger partial charge in [0.1, 0.15) is 5.75 Å². The van der Waals surface area contributed by atoms with Gasteiger partial charge in [0.15, 0.2) is 4.90 Å². The van der Waals surface area contributed by atoms with Crippen molar-refractivity contribution in [3.8, 4) is 11.3 Å².